The number of hydrogen-bond donors (Lipinski definition) is 0. The van der Waals surface area contributed by atoms with E-state index in [1.165, 1.54) is 13.8 Å². The predicted octanol–water partition coefficient (Wildman–Crippen LogP) is 3.81. The van der Waals surface area contributed by atoms with Crippen molar-refractivity contribution in [3.63, 3.8) is 0 Å². The van der Waals surface area contributed by atoms with Gasteiger partial charge < -0.3 is 9.47 Å². The van der Waals surface area contributed by atoms with E-state index in [1.807, 2.05) is 0 Å². The molecule has 0 amide bonds. The number of Topliss-reactive ketones (excluding diaryl/α,β-unsaturated/α-hetero) is 1. The molecule has 0 aliphatic heterocycles. The second kappa shape index (κ2) is 7.56. The molecule has 4 aliphatic carbocycles. The first kappa shape index (κ1) is 22.2. The average molecular weight is 431 g/mol. The number of ether oxygens (including phenoxy) is 2. The van der Waals surface area contributed by atoms with Crippen LogP contribution < -0.4 is 0 Å². The highest BCUT2D eigenvalue weighted by molar-refractivity contribution is 5.92. The Kier molecular flexibility index (Phi) is 5.42. The van der Waals surface area contributed by atoms with Crippen LogP contribution in [0.5, 0.6) is 0 Å². The fourth-order valence-corrected chi connectivity index (χ4v) is 7.98. The largest absolute Gasteiger partial charge is 0.462 e. The number of esters is 2. The van der Waals surface area contributed by atoms with Crippen LogP contribution in [0.3, 0.4) is 0 Å². The van der Waals surface area contributed by atoms with E-state index in [0.29, 0.717) is 31.6 Å². The molecule has 0 radical (unpaired) electrons. The van der Waals surface area contributed by atoms with E-state index in [4.69, 9.17) is 9.47 Å². The van der Waals surface area contributed by atoms with E-state index < -0.39 is 6.10 Å². The van der Waals surface area contributed by atoms with Gasteiger partial charge in [0.2, 0.25) is 0 Å². The molecule has 0 saturated heterocycles. The molecule has 0 aromatic heterocycles. The molecule has 4 aliphatic rings. The van der Waals surface area contributed by atoms with E-state index in [2.05, 4.69) is 13.8 Å². The second-order valence-electron chi connectivity index (χ2n) is 10.7. The fourth-order valence-electron chi connectivity index (χ4n) is 7.98. The van der Waals surface area contributed by atoms with E-state index >= 15 is 0 Å². The van der Waals surface area contributed by atoms with Gasteiger partial charge in [-0.05, 0) is 73.3 Å². The van der Waals surface area contributed by atoms with Gasteiger partial charge in [-0.25, -0.2) is 0 Å². The van der Waals surface area contributed by atoms with Crippen molar-refractivity contribution in [3.8, 4) is 0 Å². The Bertz CT molecular complexity index is 858. The molecular formula is C25H34O6. The van der Waals surface area contributed by atoms with E-state index in [-0.39, 0.29) is 58.2 Å². The number of rotatable bonds is 3. The van der Waals surface area contributed by atoms with E-state index in [9.17, 15) is 19.2 Å². The summed E-state index contributed by atoms with van der Waals surface area (Å²) in [6.07, 6.45) is 5.11. The summed E-state index contributed by atoms with van der Waals surface area (Å²) in [5, 5.41) is 0. The number of ketones is 2. The highest BCUT2D eigenvalue weighted by Gasteiger charge is 2.65. The monoisotopic (exact) mass is 430 g/mol. The summed E-state index contributed by atoms with van der Waals surface area (Å²) < 4.78 is 11.7. The molecule has 0 aromatic rings. The minimum absolute atomic E-state index is 0.0404. The predicted molar refractivity (Wildman–Crippen MR) is 113 cm³/mol. The third-order valence-electron chi connectivity index (χ3n) is 8.98. The number of fused-ring (bicyclic) bond motifs is 5. The molecule has 8 atom stereocenters. The van der Waals surface area contributed by atoms with Gasteiger partial charge in [-0.15, -0.1) is 0 Å². The van der Waals surface area contributed by atoms with Gasteiger partial charge in [0.15, 0.2) is 5.78 Å². The summed E-state index contributed by atoms with van der Waals surface area (Å²) in [4.78, 5) is 48.9. The van der Waals surface area contributed by atoms with Crippen LogP contribution in [0.15, 0.2) is 11.6 Å². The minimum atomic E-state index is -0.440. The molecule has 0 heterocycles. The standard InChI is InChI=1S/C25H34O6/c1-13(26)18-6-7-19-17-11-21(30-14(2)27)20-10-16(29)8-9-24(20,4)23(17)22(31-15(3)28)12-25(18,19)5/h10,17-19,21-23H,6-9,11-12H2,1-5H3/t17-,18+,19-,21+,22+,23+,24-,25+/m0/s1. The maximum atomic E-state index is 12.5. The summed E-state index contributed by atoms with van der Waals surface area (Å²) in [5.41, 5.74) is 0.255. The maximum Gasteiger partial charge on any atom is 0.303 e. The smallest absolute Gasteiger partial charge is 0.303 e. The lowest BCUT2D eigenvalue weighted by Crippen LogP contribution is -2.60. The Morgan fingerprint density at radius 3 is 2.32 bits per heavy atom. The minimum Gasteiger partial charge on any atom is -0.462 e. The van der Waals surface area contributed by atoms with Gasteiger partial charge in [-0.3, -0.25) is 19.2 Å². The third kappa shape index (κ3) is 3.46. The van der Waals surface area contributed by atoms with Gasteiger partial charge in [0.05, 0.1) is 0 Å². The molecule has 0 bridgehead atoms. The summed E-state index contributed by atoms with van der Waals surface area (Å²) >= 11 is 0. The van der Waals surface area contributed by atoms with Crippen molar-refractivity contribution in [2.45, 2.75) is 85.4 Å². The zero-order valence-corrected chi connectivity index (χ0v) is 19.2. The van der Waals surface area contributed by atoms with Crippen molar-refractivity contribution < 1.29 is 28.7 Å². The molecule has 3 saturated carbocycles. The van der Waals surface area contributed by atoms with Crippen molar-refractivity contribution in [2.24, 2.45) is 34.5 Å². The Labute approximate surface area is 184 Å². The Morgan fingerprint density at radius 1 is 1.03 bits per heavy atom. The molecule has 0 N–H and O–H groups in total. The van der Waals surface area contributed by atoms with Gasteiger partial charge >= 0.3 is 11.9 Å². The number of carbonyl (C=O) groups is 4. The molecule has 6 nitrogen and oxygen atoms in total. The van der Waals surface area contributed by atoms with E-state index in [0.717, 1.165) is 18.4 Å². The van der Waals surface area contributed by atoms with Crippen LogP contribution in [0.2, 0.25) is 0 Å². The zero-order valence-electron chi connectivity index (χ0n) is 19.2. The van der Waals surface area contributed by atoms with Crippen LogP contribution in [0.4, 0.5) is 0 Å². The number of carbonyl (C=O) groups excluding carboxylic acids is 4. The highest BCUT2D eigenvalue weighted by Crippen LogP contribution is 2.67. The Hall–Kier alpha value is -1.98. The Balaban J connectivity index is 1.83. The molecule has 0 spiro atoms. The summed E-state index contributed by atoms with van der Waals surface area (Å²) in [6.45, 7) is 8.84. The highest BCUT2D eigenvalue weighted by atomic mass is 16.5. The van der Waals surface area contributed by atoms with Crippen LogP contribution in [0, 0.1) is 34.5 Å². The van der Waals surface area contributed by atoms with Crippen molar-refractivity contribution in [3.05, 3.63) is 11.6 Å². The van der Waals surface area contributed by atoms with Crippen LogP contribution in [-0.2, 0) is 28.7 Å². The van der Waals surface area contributed by atoms with Gasteiger partial charge in [0, 0.05) is 32.1 Å². The molecule has 31 heavy (non-hydrogen) atoms. The third-order valence-corrected chi connectivity index (χ3v) is 8.98. The topological polar surface area (TPSA) is 86.7 Å². The zero-order chi connectivity index (χ0) is 22.7. The van der Waals surface area contributed by atoms with E-state index in [1.54, 1.807) is 13.0 Å². The van der Waals surface area contributed by atoms with Crippen LogP contribution in [-0.4, -0.2) is 35.7 Å². The molecule has 170 valence electrons. The van der Waals surface area contributed by atoms with Crippen LogP contribution >= 0.6 is 0 Å². The quantitative estimate of drug-likeness (QED) is 0.633. The van der Waals surface area contributed by atoms with Crippen LogP contribution in [0.1, 0.15) is 73.1 Å². The van der Waals surface area contributed by atoms with Gasteiger partial charge in [0.25, 0.3) is 0 Å². The lowest BCUT2D eigenvalue weighted by Gasteiger charge is -2.61. The summed E-state index contributed by atoms with van der Waals surface area (Å²) in [7, 11) is 0. The average Bonchev–Trinajstić information content (AvgIpc) is 2.99. The van der Waals surface area contributed by atoms with Gasteiger partial charge in [-0.2, -0.15) is 0 Å². The summed E-state index contributed by atoms with van der Waals surface area (Å²) in [6, 6.07) is 0. The second-order valence-corrected chi connectivity index (χ2v) is 10.7. The SMILES string of the molecule is CC(=O)O[C@@H]1C[C@@H]2[C@H]([C@H](OC(C)=O)C[C@]3(C)[C@@H](C(C)=O)CC[C@@H]23)[C@@]2(C)CCC(=O)C=C12. The van der Waals surface area contributed by atoms with Crippen molar-refractivity contribution >= 4 is 23.5 Å². The molecule has 3 fully saturated rings. The fraction of sp³-hybridized carbons (Fsp3) is 0.760. The molecule has 0 aromatic carbocycles. The first-order valence-corrected chi connectivity index (χ1v) is 11.6. The molecule has 0 unspecified atom stereocenters. The molecule has 4 rings (SSSR count). The van der Waals surface area contributed by atoms with Crippen LogP contribution in [0.25, 0.3) is 0 Å². The van der Waals surface area contributed by atoms with Crippen molar-refractivity contribution in [2.75, 3.05) is 0 Å². The van der Waals surface area contributed by atoms with Gasteiger partial charge in [-0.1, -0.05) is 13.8 Å². The Morgan fingerprint density at radius 2 is 1.71 bits per heavy atom. The lowest BCUT2D eigenvalue weighted by atomic mass is 9.45. The molecule has 6 heteroatoms. The normalized spacial score (nSPS) is 43.8. The van der Waals surface area contributed by atoms with Crippen molar-refractivity contribution in [1.82, 2.24) is 0 Å². The van der Waals surface area contributed by atoms with Gasteiger partial charge in [0.1, 0.15) is 18.0 Å². The first-order valence-electron chi connectivity index (χ1n) is 11.6. The maximum absolute atomic E-state index is 12.5. The first-order chi connectivity index (χ1) is 14.5. The number of hydrogen-bond acceptors (Lipinski definition) is 6. The molecular weight excluding hydrogens is 396 g/mol. The summed E-state index contributed by atoms with van der Waals surface area (Å²) in [5.74, 6) is 0.0592. The van der Waals surface area contributed by atoms with Crippen molar-refractivity contribution in [1.29, 1.82) is 0 Å². The lowest BCUT2D eigenvalue weighted by molar-refractivity contribution is -0.184.